The van der Waals surface area contributed by atoms with Gasteiger partial charge < -0.3 is 10.5 Å². The summed E-state index contributed by atoms with van der Waals surface area (Å²) in [6, 6.07) is 13.6. The van der Waals surface area contributed by atoms with E-state index in [1.807, 2.05) is 44.2 Å². The molecule has 4 rings (SSSR count). The highest BCUT2D eigenvalue weighted by atomic mass is 16.5. The Morgan fingerprint density at radius 2 is 1.86 bits per heavy atom. The van der Waals surface area contributed by atoms with Crippen LogP contribution in [-0.2, 0) is 6.54 Å². The maximum Gasteiger partial charge on any atom is 0.272 e. The quantitative estimate of drug-likeness (QED) is 0.567. The number of fused-ring (bicyclic) bond motifs is 1. The topological polar surface area (TPSA) is 93.9 Å². The van der Waals surface area contributed by atoms with Crippen LogP contribution in [0.25, 0.3) is 21.9 Å². The van der Waals surface area contributed by atoms with Crippen molar-refractivity contribution >= 4 is 10.8 Å². The van der Waals surface area contributed by atoms with Gasteiger partial charge in [0.05, 0.1) is 17.3 Å². The predicted octanol–water partition coefficient (Wildman–Crippen LogP) is 3.85. The molecule has 0 radical (unpaired) electrons. The summed E-state index contributed by atoms with van der Waals surface area (Å²) in [5, 5.41) is 7.83. The van der Waals surface area contributed by atoms with Gasteiger partial charge in [0.15, 0.2) is 0 Å². The summed E-state index contributed by atoms with van der Waals surface area (Å²) in [6.07, 6.45) is 3.44. The molecule has 2 aromatic heterocycles. The van der Waals surface area contributed by atoms with Gasteiger partial charge in [0.25, 0.3) is 5.56 Å². The Balaban J connectivity index is 1.74. The molecule has 0 aliphatic heterocycles. The molecule has 6 nitrogen and oxygen atoms in total. The van der Waals surface area contributed by atoms with Crippen molar-refractivity contribution in [3.8, 4) is 22.6 Å². The molecule has 6 heteroatoms. The van der Waals surface area contributed by atoms with Gasteiger partial charge in [-0.2, -0.15) is 5.10 Å². The molecule has 2 aromatic carbocycles. The lowest BCUT2D eigenvalue weighted by molar-refractivity contribution is 0.476. The molecule has 0 spiro atoms. The Kier molecular flexibility index (Phi) is 4.63. The van der Waals surface area contributed by atoms with Gasteiger partial charge in [-0.1, -0.05) is 23.8 Å². The highest BCUT2D eigenvalue weighted by molar-refractivity contribution is 5.88. The summed E-state index contributed by atoms with van der Waals surface area (Å²) in [6.45, 7) is 4.31. The molecule has 0 aliphatic carbocycles. The summed E-state index contributed by atoms with van der Waals surface area (Å²) in [7, 11) is 0. The minimum atomic E-state index is -0.233. The first kappa shape index (κ1) is 17.9. The fourth-order valence-corrected chi connectivity index (χ4v) is 3.23. The van der Waals surface area contributed by atoms with Crippen LogP contribution in [-0.4, -0.2) is 15.2 Å². The molecule has 0 bridgehead atoms. The minimum Gasteiger partial charge on any atom is -0.455 e. The number of pyridine rings is 1. The lowest BCUT2D eigenvalue weighted by Gasteiger charge is -2.11. The van der Waals surface area contributed by atoms with Gasteiger partial charge in [-0.15, -0.1) is 0 Å². The number of rotatable bonds is 4. The third kappa shape index (κ3) is 3.37. The number of aromatic nitrogens is 3. The number of H-pyrrole nitrogens is 1. The SMILES string of the molecule is Cc1ccc(Oc2cncc(-c3ccc4c(=O)[nH]nc(CN)c4c3)c2)c(C)c1. The van der Waals surface area contributed by atoms with E-state index in [0.717, 1.165) is 27.8 Å². The van der Waals surface area contributed by atoms with E-state index in [1.165, 1.54) is 5.56 Å². The molecule has 0 atom stereocenters. The molecule has 0 amide bonds. The first-order valence-corrected chi connectivity index (χ1v) is 8.97. The van der Waals surface area contributed by atoms with Crippen LogP contribution in [0.4, 0.5) is 0 Å². The number of aromatic amines is 1. The van der Waals surface area contributed by atoms with Crippen molar-refractivity contribution in [2.75, 3.05) is 0 Å². The molecule has 0 fully saturated rings. The molecule has 0 saturated carbocycles. The first-order valence-electron chi connectivity index (χ1n) is 8.97. The van der Waals surface area contributed by atoms with Crippen molar-refractivity contribution in [1.29, 1.82) is 0 Å². The fourth-order valence-electron chi connectivity index (χ4n) is 3.23. The van der Waals surface area contributed by atoms with Crippen molar-refractivity contribution in [1.82, 2.24) is 15.2 Å². The van der Waals surface area contributed by atoms with E-state index in [9.17, 15) is 4.79 Å². The van der Waals surface area contributed by atoms with Crippen molar-refractivity contribution in [2.24, 2.45) is 5.73 Å². The van der Waals surface area contributed by atoms with E-state index in [1.54, 1.807) is 18.5 Å². The maximum absolute atomic E-state index is 12.0. The van der Waals surface area contributed by atoms with Crippen LogP contribution >= 0.6 is 0 Å². The second kappa shape index (κ2) is 7.25. The summed E-state index contributed by atoms with van der Waals surface area (Å²) in [4.78, 5) is 16.3. The van der Waals surface area contributed by atoms with E-state index in [2.05, 4.69) is 21.2 Å². The van der Waals surface area contributed by atoms with Crippen molar-refractivity contribution in [2.45, 2.75) is 20.4 Å². The second-order valence-corrected chi connectivity index (χ2v) is 6.74. The molecule has 3 N–H and O–H groups in total. The lowest BCUT2D eigenvalue weighted by Crippen LogP contribution is -2.13. The second-order valence-electron chi connectivity index (χ2n) is 6.74. The van der Waals surface area contributed by atoms with Crippen LogP contribution in [0.2, 0.25) is 0 Å². The van der Waals surface area contributed by atoms with E-state index in [-0.39, 0.29) is 12.1 Å². The zero-order valence-corrected chi connectivity index (χ0v) is 15.7. The van der Waals surface area contributed by atoms with E-state index in [4.69, 9.17) is 10.5 Å². The van der Waals surface area contributed by atoms with Gasteiger partial charge in [0, 0.05) is 23.7 Å². The standard InChI is InChI=1S/C22H20N4O2/c1-13-3-6-21(14(2)7-13)28-17-8-16(11-24-12-17)15-4-5-18-19(9-15)20(10-23)25-26-22(18)27/h3-9,11-12H,10,23H2,1-2H3,(H,26,27). The van der Waals surface area contributed by atoms with Gasteiger partial charge in [0.1, 0.15) is 11.5 Å². The highest BCUT2D eigenvalue weighted by Gasteiger charge is 2.09. The molecule has 0 aliphatic rings. The zero-order valence-electron chi connectivity index (χ0n) is 15.7. The number of hydrogen-bond acceptors (Lipinski definition) is 5. The van der Waals surface area contributed by atoms with Crippen LogP contribution in [0.15, 0.2) is 59.7 Å². The Hall–Kier alpha value is -3.51. The average Bonchev–Trinajstić information content (AvgIpc) is 2.70. The van der Waals surface area contributed by atoms with Crippen LogP contribution < -0.4 is 16.0 Å². The smallest absolute Gasteiger partial charge is 0.272 e. The number of nitrogens with zero attached hydrogens (tertiary/aromatic N) is 2. The fraction of sp³-hybridized carbons (Fsp3) is 0.136. The minimum absolute atomic E-state index is 0.233. The van der Waals surface area contributed by atoms with Crippen molar-refractivity contribution in [3.63, 3.8) is 0 Å². The predicted molar refractivity (Wildman–Crippen MR) is 109 cm³/mol. The number of nitrogens with one attached hydrogen (secondary N) is 1. The normalized spacial score (nSPS) is 11.0. The zero-order chi connectivity index (χ0) is 19.7. The number of hydrogen-bond donors (Lipinski definition) is 2. The van der Waals surface area contributed by atoms with Crippen LogP contribution in [0.5, 0.6) is 11.5 Å². The number of ether oxygens (including phenoxy) is 1. The van der Waals surface area contributed by atoms with Crippen molar-refractivity contribution in [3.05, 3.63) is 82.0 Å². The Bertz CT molecular complexity index is 1230. The summed E-state index contributed by atoms with van der Waals surface area (Å²) >= 11 is 0. The molecule has 140 valence electrons. The van der Waals surface area contributed by atoms with Crippen LogP contribution in [0, 0.1) is 13.8 Å². The lowest BCUT2D eigenvalue weighted by atomic mass is 10.0. The van der Waals surface area contributed by atoms with Crippen molar-refractivity contribution < 1.29 is 4.74 Å². The number of aryl methyl sites for hydroxylation is 2. The molecule has 0 saturated heterocycles. The van der Waals surface area contributed by atoms with E-state index >= 15 is 0 Å². The molecule has 0 unspecified atom stereocenters. The average molecular weight is 372 g/mol. The monoisotopic (exact) mass is 372 g/mol. The third-order valence-corrected chi connectivity index (χ3v) is 4.67. The van der Waals surface area contributed by atoms with Gasteiger partial charge in [0.2, 0.25) is 0 Å². The van der Waals surface area contributed by atoms with Gasteiger partial charge in [-0.25, -0.2) is 5.10 Å². The molecule has 28 heavy (non-hydrogen) atoms. The summed E-state index contributed by atoms with van der Waals surface area (Å²) in [5.74, 6) is 1.44. The highest BCUT2D eigenvalue weighted by Crippen LogP contribution is 2.30. The first-order chi connectivity index (χ1) is 13.5. The summed E-state index contributed by atoms with van der Waals surface area (Å²) in [5.41, 5.74) is 10.2. The Labute approximate surface area is 162 Å². The van der Waals surface area contributed by atoms with E-state index < -0.39 is 0 Å². The number of nitrogens with two attached hydrogens (primary N) is 1. The maximum atomic E-state index is 12.0. The molecular formula is C22H20N4O2. The van der Waals surface area contributed by atoms with Gasteiger partial charge in [-0.3, -0.25) is 9.78 Å². The molecular weight excluding hydrogens is 352 g/mol. The largest absolute Gasteiger partial charge is 0.455 e. The van der Waals surface area contributed by atoms with Crippen LogP contribution in [0.3, 0.4) is 0 Å². The summed E-state index contributed by atoms with van der Waals surface area (Å²) < 4.78 is 6.03. The third-order valence-electron chi connectivity index (χ3n) is 4.67. The van der Waals surface area contributed by atoms with Gasteiger partial charge >= 0.3 is 0 Å². The molecule has 4 aromatic rings. The Morgan fingerprint density at radius 1 is 1.00 bits per heavy atom. The molecule has 2 heterocycles. The van der Waals surface area contributed by atoms with Crippen LogP contribution in [0.1, 0.15) is 16.8 Å². The van der Waals surface area contributed by atoms with Gasteiger partial charge in [-0.05, 0) is 49.2 Å². The van der Waals surface area contributed by atoms with E-state index in [0.29, 0.717) is 16.8 Å². The number of benzene rings is 2. The Morgan fingerprint density at radius 3 is 2.64 bits per heavy atom.